The molecule has 0 aliphatic rings. The second kappa shape index (κ2) is 10.6. The summed E-state index contributed by atoms with van der Waals surface area (Å²) in [6, 6.07) is 19.6. The van der Waals surface area contributed by atoms with Crippen LogP contribution in [0.1, 0.15) is 97.3 Å². The van der Waals surface area contributed by atoms with E-state index in [1.807, 2.05) is 20.0 Å². The van der Waals surface area contributed by atoms with Crippen LogP contribution in [0.3, 0.4) is 0 Å². The van der Waals surface area contributed by atoms with E-state index in [9.17, 15) is 0 Å². The van der Waals surface area contributed by atoms with Gasteiger partial charge in [-0.3, -0.25) is 4.57 Å². The lowest BCUT2D eigenvalue weighted by Crippen LogP contribution is -2.17. The molecule has 0 radical (unpaired) electrons. The predicted octanol–water partition coefficient (Wildman–Crippen LogP) is 10.4. The molecule has 0 fully saturated rings. The van der Waals surface area contributed by atoms with Gasteiger partial charge in [-0.05, 0) is 46.4 Å². The molecule has 0 amide bonds. The number of nitrogens with zero attached hydrogens (tertiary/aromatic N) is 2. The molecule has 5 aromatic rings. The molecule has 3 aromatic carbocycles. The van der Waals surface area contributed by atoms with Gasteiger partial charge in [0.2, 0.25) is 0 Å². The van der Waals surface area contributed by atoms with E-state index in [-0.39, 0.29) is 5.41 Å². The molecule has 194 valence electrons. The zero-order chi connectivity index (χ0) is 26.9. The van der Waals surface area contributed by atoms with Crippen molar-refractivity contribution in [2.75, 3.05) is 0 Å². The van der Waals surface area contributed by atoms with Gasteiger partial charge in [0.25, 0.3) is 0 Å². The summed E-state index contributed by atoms with van der Waals surface area (Å²) in [5.41, 5.74) is 8.20. The molecule has 0 N–H and O–H groups in total. The first kappa shape index (κ1) is 26.7. The van der Waals surface area contributed by atoms with Crippen molar-refractivity contribution >= 4 is 21.9 Å². The van der Waals surface area contributed by atoms with Crippen LogP contribution in [0.25, 0.3) is 39.0 Å². The average molecular weight is 495 g/mol. The first-order chi connectivity index (χ1) is 17.7. The molecular formula is C34H42N2O. The SMILES string of the molecule is CC.CCC(C)(C)c1ccccc1-c1nccn1-c1c(C(C)C)ccc2oc3c(C(C)C)cccc3c12. The molecule has 0 saturated heterocycles. The third kappa shape index (κ3) is 4.61. The predicted molar refractivity (Wildman–Crippen MR) is 159 cm³/mol. The first-order valence-corrected chi connectivity index (χ1v) is 13.9. The van der Waals surface area contributed by atoms with Crippen LogP contribution in [0, 0.1) is 0 Å². The third-order valence-corrected chi connectivity index (χ3v) is 7.60. The molecule has 2 aromatic heterocycles. The number of imidazole rings is 1. The van der Waals surface area contributed by atoms with Crippen molar-refractivity contribution in [2.45, 2.75) is 86.0 Å². The number of furan rings is 1. The Hall–Kier alpha value is -3.33. The van der Waals surface area contributed by atoms with Gasteiger partial charge in [-0.1, -0.05) is 111 Å². The number of rotatable bonds is 6. The monoisotopic (exact) mass is 494 g/mol. The van der Waals surface area contributed by atoms with Crippen LogP contribution in [-0.4, -0.2) is 9.55 Å². The van der Waals surface area contributed by atoms with Crippen molar-refractivity contribution in [1.82, 2.24) is 9.55 Å². The van der Waals surface area contributed by atoms with Gasteiger partial charge in [0, 0.05) is 23.3 Å². The van der Waals surface area contributed by atoms with Gasteiger partial charge in [-0.25, -0.2) is 4.98 Å². The minimum atomic E-state index is 0.0504. The Kier molecular flexibility index (Phi) is 7.64. The topological polar surface area (TPSA) is 31.0 Å². The Morgan fingerprint density at radius 1 is 0.865 bits per heavy atom. The maximum Gasteiger partial charge on any atom is 0.144 e. The van der Waals surface area contributed by atoms with Gasteiger partial charge < -0.3 is 4.42 Å². The quantitative estimate of drug-likeness (QED) is 0.235. The maximum atomic E-state index is 6.53. The second-order valence-corrected chi connectivity index (χ2v) is 10.9. The zero-order valence-corrected chi connectivity index (χ0v) is 24.0. The maximum absolute atomic E-state index is 6.53. The van der Waals surface area contributed by atoms with E-state index in [1.54, 1.807) is 0 Å². The van der Waals surface area contributed by atoms with Gasteiger partial charge in [-0.2, -0.15) is 0 Å². The van der Waals surface area contributed by atoms with Crippen molar-refractivity contribution in [2.24, 2.45) is 0 Å². The largest absolute Gasteiger partial charge is 0.456 e. The van der Waals surface area contributed by atoms with Gasteiger partial charge in [0.1, 0.15) is 17.0 Å². The van der Waals surface area contributed by atoms with Gasteiger partial charge >= 0.3 is 0 Å². The van der Waals surface area contributed by atoms with E-state index in [0.29, 0.717) is 11.8 Å². The van der Waals surface area contributed by atoms with E-state index < -0.39 is 0 Å². The fourth-order valence-corrected chi connectivity index (χ4v) is 5.23. The molecule has 0 aliphatic heterocycles. The van der Waals surface area contributed by atoms with Crippen molar-refractivity contribution in [3.63, 3.8) is 0 Å². The van der Waals surface area contributed by atoms with Crippen LogP contribution in [0.2, 0.25) is 0 Å². The molecular weight excluding hydrogens is 452 g/mol. The molecule has 0 atom stereocenters. The van der Waals surface area contributed by atoms with Crippen LogP contribution in [0.15, 0.2) is 71.4 Å². The summed E-state index contributed by atoms with van der Waals surface area (Å²) in [7, 11) is 0. The van der Waals surface area contributed by atoms with E-state index in [1.165, 1.54) is 38.7 Å². The Bertz CT molecular complexity index is 1510. The number of hydrogen-bond donors (Lipinski definition) is 0. The minimum Gasteiger partial charge on any atom is -0.456 e. The molecule has 0 spiro atoms. The number of fused-ring (bicyclic) bond motifs is 3. The number of hydrogen-bond acceptors (Lipinski definition) is 2. The fourth-order valence-electron chi connectivity index (χ4n) is 5.23. The van der Waals surface area contributed by atoms with Crippen molar-refractivity contribution in [1.29, 1.82) is 0 Å². The van der Waals surface area contributed by atoms with Gasteiger partial charge in [0.15, 0.2) is 0 Å². The van der Waals surface area contributed by atoms with Crippen LogP contribution in [0.5, 0.6) is 0 Å². The molecule has 37 heavy (non-hydrogen) atoms. The summed E-state index contributed by atoms with van der Waals surface area (Å²) in [4.78, 5) is 4.92. The van der Waals surface area contributed by atoms with Crippen molar-refractivity contribution in [3.05, 3.63) is 83.7 Å². The highest BCUT2D eigenvalue weighted by atomic mass is 16.3. The Morgan fingerprint density at radius 2 is 1.57 bits per heavy atom. The summed E-state index contributed by atoms with van der Waals surface area (Å²) in [6.07, 6.45) is 5.09. The number of benzene rings is 3. The summed E-state index contributed by atoms with van der Waals surface area (Å²) in [5, 5.41) is 2.34. The third-order valence-electron chi connectivity index (χ3n) is 7.60. The molecule has 5 rings (SSSR count). The van der Waals surface area contributed by atoms with Crippen LogP contribution < -0.4 is 0 Å². The molecule has 0 unspecified atom stereocenters. The number of aromatic nitrogens is 2. The minimum absolute atomic E-state index is 0.0504. The lowest BCUT2D eigenvalue weighted by Gasteiger charge is -2.27. The van der Waals surface area contributed by atoms with Gasteiger partial charge in [-0.15, -0.1) is 0 Å². The summed E-state index contributed by atoms with van der Waals surface area (Å²) in [5.74, 6) is 1.72. The normalized spacial score (nSPS) is 12.0. The Morgan fingerprint density at radius 3 is 2.24 bits per heavy atom. The van der Waals surface area contributed by atoms with Crippen LogP contribution >= 0.6 is 0 Å². The first-order valence-electron chi connectivity index (χ1n) is 13.9. The zero-order valence-electron chi connectivity index (χ0n) is 24.0. The lowest BCUT2D eigenvalue weighted by molar-refractivity contribution is 0.507. The van der Waals surface area contributed by atoms with Crippen LogP contribution in [-0.2, 0) is 5.41 Å². The molecule has 2 heterocycles. The Balaban J connectivity index is 0.00000156. The summed E-state index contributed by atoms with van der Waals surface area (Å²) < 4.78 is 8.82. The van der Waals surface area contributed by atoms with Crippen LogP contribution in [0.4, 0.5) is 0 Å². The van der Waals surface area contributed by atoms with Crippen molar-refractivity contribution in [3.8, 4) is 17.1 Å². The smallest absolute Gasteiger partial charge is 0.144 e. The molecule has 3 nitrogen and oxygen atoms in total. The van der Waals surface area contributed by atoms with Gasteiger partial charge in [0.05, 0.1) is 11.1 Å². The molecule has 0 bridgehead atoms. The highest BCUT2D eigenvalue weighted by molar-refractivity contribution is 6.11. The highest BCUT2D eigenvalue weighted by Crippen LogP contribution is 2.42. The lowest BCUT2D eigenvalue weighted by atomic mass is 9.79. The highest BCUT2D eigenvalue weighted by Gasteiger charge is 2.26. The average Bonchev–Trinajstić information content (AvgIpc) is 3.54. The summed E-state index contributed by atoms with van der Waals surface area (Å²) >= 11 is 0. The molecule has 0 aliphatic carbocycles. The standard InChI is InChI=1S/C32H36N2O.C2H6/c1-8-32(6,7)26-15-10-9-12-24(26)31-33-18-19-34(31)29-22(20(2)3)16-17-27-28(29)25-14-11-13-23(21(4)5)30(25)35-27;1-2/h9-21H,8H2,1-7H3;1-2H3. The molecule has 3 heteroatoms. The second-order valence-electron chi connectivity index (χ2n) is 10.9. The molecule has 0 saturated carbocycles. The number of para-hydroxylation sites is 1. The Labute approximate surface area is 222 Å². The van der Waals surface area contributed by atoms with E-state index in [2.05, 4.69) is 114 Å². The fraction of sp³-hybridized carbons (Fsp3) is 0.382. The van der Waals surface area contributed by atoms with Crippen molar-refractivity contribution < 1.29 is 4.42 Å². The van der Waals surface area contributed by atoms with E-state index >= 15 is 0 Å². The van der Waals surface area contributed by atoms with E-state index in [0.717, 1.165) is 23.4 Å². The van der Waals surface area contributed by atoms with E-state index in [4.69, 9.17) is 9.40 Å². The summed E-state index contributed by atoms with van der Waals surface area (Å²) in [6.45, 7) is 19.9.